The number of nitrogens with one attached hydrogen (secondary N) is 3. The van der Waals surface area contributed by atoms with Crippen LogP contribution in [0.3, 0.4) is 0 Å². The number of fused-ring (bicyclic) bond motifs is 2. The van der Waals surface area contributed by atoms with Gasteiger partial charge < -0.3 is 9.97 Å². The normalized spacial score (nSPS) is 12.3. The molecule has 5 nitrogen and oxygen atoms in total. The van der Waals surface area contributed by atoms with Gasteiger partial charge in [-0.3, -0.25) is 14.9 Å². The van der Waals surface area contributed by atoms with Gasteiger partial charge in [-0.05, 0) is 35.0 Å². The Hall–Kier alpha value is -3.60. The van der Waals surface area contributed by atoms with Crippen LogP contribution in [0.5, 0.6) is 0 Å². The van der Waals surface area contributed by atoms with Gasteiger partial charge >= 0.3 is 0 Å². The zero-order valence-electron chi connectivity index (χ0n) is 13.4. The van der Waals surface area contributed by atoms with E-state index in [2.05, 4.69) is 46.4 Å². The van der Waals surface area contributed by atoms with E-state index in [0.29, 0.717) is 0 Å². The lowest BCUT2D eigenvalue weighted by Gasteiger charge is -1.83. The maximum atomic E-state index is 10.0. The van der Waals surface area contributed by atoms with Crippen molar-refractivity contribution in [1.29, 1.82) is 0 Å². The van der Waals surface area contributed by atoms with Crippen molar-refractivity contribution in [3.63, 3.8) is 0 Å². The van der Waals surface area contributed by atoms with E-state index < -0.39 is 0 Å². The molecule has 0 fully saturated rings. The summed E-state index contributed by atoms with van der Waals surface area (Å²) in [6.07, 6.45) is 6.29. The third-order valence-electron chi connectivity index (χ3n) is 3.56. The molecule has 25 heavy (non-hydrogen) atoms. The predicted molar refractivity (Wildman–Crippen MR) is 98.9 cm³/mol. The van der Waals surface area contributed by atoms with Crippen LogP contribution in [0.2, 0.25) is 0 Å². The number of imide groups is 1. The van der Waals surface area contributed by atoms with Crippen LogP contribution in [0.25, 0.3) is 21.8 Å². The van der Waals surface area contributed by atoms with Crippen LogP contribution in [0, 0.1) is 0 Å². The molecule has 2 aromatic carbocycles. The summed E-state index contributed by atoms with van der Waals surface area (Å²) in [6.45, 7) is 0. The van der Waals surface area contributed by atoms with Gasteiger partial charge in [0.2, 0.25) is 0 Å². The van der Waals surface area contributed by atoms with Crippen molar-refractivity contribution in [2.24, 2.45) is 0 Å². The Morgan fingerprint density at radius 3 is 1.36 bits per heavy atom. The summed E-state index contributed by atoms with van der Waals surface area (Å²) >= 11 is 0. The second-order valence-corrected chi connectivity index (χ2v) is 5.32. The molecule has 0 spiro atoms. The number of rotatable bonds is 0. The summed E-state index contributed by atoms with van der Waals surface area (Å²) in [5.74, 6) is -0.657. The molecule has 0 bridgehead atoms. The SMILES string of the molecule is O=C1C=CC(=O)N1.c1ccc2[nH]ccc2c1.c1ccc2[nH]ccc2c1. The number of amides is 2. The van der Waals surface area contributed by atoms with Crippen LogP contribution in [0.1, 0.15) is 0 Å². The van der Waals surface area contributed by atoms with E-state index in [0.717, 1.165) is 0 Å². The molecule has 2 amide bonds. The topological polar surface area (TPSA) is 77.8 Å². The van der Waals surface area contributed by atoms with Gasteiger partial charge in [-0.15, -0.1) is 0 Å². The van der Waals surface area contributed by atoms with Crippen molar-refractivity contribution in [2.45, 2.75) is 0 Å². The Kier molecular flexibility index (Phi) is 5.07. The van der Waals surface area contributed by atoms with E-state index in [-0.39, 0.29) is 11.8 Å². The van der Waals surface area contributed by atoms with Gasteiger partial charge in [-0.2, -0.15) is 0 Å². The van der Waals surface area contributed by atoms with E-state index in [1.807, 2.05) is 42.0 Å². The average Bonchev–Trinajstić information content (AvgIpc) is 3.36. The van der Waals surface area contributed by atoms with Crippen LogP contribution in [0.4, 0.5) is 0 Å². The Morgan fingerprint density at radius 1 is 0.560 bits per heavy atom. The zero-order valence-corrected chi connectivity index (χ0v) is 13.4. The summed E-state index contributed by atoms with van der Waals surface area (Å²) in [5.41, 5.74) is 2.41. The van der Waals surface area contributed by atoms with E-state index in [1.165, 1.54) is 34.0 Å². The Bertz CT molecular complexity index is 885. The number of carbonyl (C=O) groups is 2. The Morgan fingerprint density at radius 2 is 1.00 bits per heavy atom. The maximum Gasteiger partial charge on any atom is 0.250 e. The molecule has 1 aliphatic rings. The summed E-state index contributed by atoms with van der Waals surface area (Å²) in [6, 6.07) is 20.6. The molecule has 0 saturated carbocycles. The lowest BCUT2D eigenvalue weighted by atomic mass is 10.3. The van der Waals surface area contributed by atoms with Crippen LogP contribution in [0.15, 0.2) is 85.2 Å². The second kappa shape index (κ2) is 7.79. The quantitative estimate of drug-likeness (QED) is 0.431. The number of H-pyrrole nitrogens is 2. The standard InChI is InChI=1S/2C8H7N.C4H3NO2/c2*1-2-4-8-7(3-1)5-6-9-8;6-3-1-2-4(7)5-3/h2*1-6,9H;1-2H,(H,5,6,7). The largest absolute Gasteiger partial charge is 0.361 e. The monoisotopic (exact) mass is 331 g/mol. The van der Waals surface area contributed by atoms with Crippen molar-refractivity contribution in [1.82, 2.24) is 15.3 Å². The van der Waals surface area contributed by atoms with Crippen LogP contribution in [-0.2, 0) is 9.59 Å². The van der Waals surface area contributed by atoms with Gasteiger partial charge in [0.25, 0.3) is 11.8 Å². The molecule has 1 aliphatic heterocycles. The van der Waals surface area contributed by atoms with Crippen molar-refractivity contribution in [3.8, 4) is 0 Å². The number of benzene rings is 2. The van der Waals surface area contributed by atoms with Gasteiger partial charge in [-0.1, -0.05) is 36.4 Å². The summed E-state index contributed by atoms with van der Waals surface area (Å²) in [7, 11) is 0. The number of hydrogen-bond acceptors (Lipinski definition) is 2. The van der Waals surface area contributed by atoms with Crippen LogP contribution in [-0.4, -0.2) is 21.8 Å². The fourth-order valence-electron chi connectivity index (χ4n) is 2.35. The lowest BCUT2D eigenvalue weighted by Crippen LogP contribution is -2.19. The fourth-order valence-corrected chi connectivity index (χ4v) is 2.35. The minimum absolute atomic E-state index is 0.329. The molecular formula is C20H17N3O2. The molecule has 0 unspecified atom stereocenters. The predicted octanol–water partition coefficient (Wildman–Crippen LogP) is 3.53. The Labute approximate surface area is 144 Å². The molecule has 0 atom stereocenters. The number of hydrogen-bond donors (Lipinski definition) is 3. The highest BCUT2D eigenvalue weighted by atomic mass is 16.2. The Balaban J connectivity index is 0.000000111. The summed E-state index contributed by atoms with van der Waals surface area (Å²) < 4.78 is 0. The highest BCUT2D eigenvalue weighted by molar-refractivity contribution is 6.12. The molecule has 3 N–H and O–H groups in total. The van der Waals surface area contributed by atoms with Crippen LogP contribution >= 0.6 is 0 Å². The van der Waals surface area contributed by atoms with E-state index in [1.54, 1.807) is 0 Å². The second-order valence-electron chi connectivity index (χ2n) is 5.32. The molecule has 0 aliphatic carbocycles. The van der Waals surface area contributed by atoms with Crippen molar-refractivity contribution >= 4 is 33.6 Å². The third kappa shape index (κ3) is 4.45. The zero-order chi connectivity index (χ0) is 17.5. The van der Waals surface area contributed by atoms with Gasteiger partial charge in [0.05, 0.1) is 0 Å². The number of aromatic nitrogens is 2. The molecule has 0 saturated heterocycles. The third-order valence-corrected chi connectivity index (χ3v) is 3.56. The molecule has 5 heteroatoms. The first-order chi connectivity index (χ1) is 12.2. The number of carbonyl (C=O) groups excluding carboxylic acids is 2. The first-order valence-corrected chi connectivity index (χ1v) is 7.79. The van der Waals surface area contributed by atoms with Gasteiger partial charge in [-0.25, -0.2) is 0 Å². The number of para-hydroxylation sites is 2. The number of aromatic amines is 2. The van der Waals surface area contributed by atoms with Crippen molar-refractivity contribution in [2.75, 3.05) is 0 Å². The average molecular weight is 331 g/mol. The van der Waals surface area contributed by atoms with Gasteiger partial charge in [0.15, 0.2) is 0 Å². The van der Waals surface area contributed by atoms with E-state index >= 15 is 0 Å². The van der Waals surface area contributed by atoms with Crippen molar-refractivity contribution < 1.29 is 9.59 Å². The fraction of sp³-hybridized carbons (Fsp3) is 0. The van der Waals surface area contributed by atoms with E-state index in [9.17, 15) is 9.59 Å². The molecule has 124 valence electrons. The van der Waals surface area contributed by atoms with Gasteiger partial charge in [0, 0.05) is 35.6 Å². The molecule has 4 aromatic rings. The summed E-state index contributed by atoms with van der Waals surface area (Å²) in [5, 5.41) is 4.58. The van der Waals surface area contributed by atoms with Crippen molar-refractivity contribution in [3.05, 3.63) is 85.2 Å². The van der Waals surface area contributed by atoms with E-state index in [4.69, 9.17) is 0 Å². The minimum Gasteiger partial charge on any atom is -0.361 e. The minimum atomic E-state index is -0.329. The summed E-state index contributed by atoms with van der Waals surface area (Å²) in [4.78, 5) is 26.3. The molecule has 3 heterocycles. The highest BCUT2D eigenvalue weighted by Crippen LogP contribution is 2.09. The smallest absolute Gasteiger partial charge is 0.250 e. The highest BCUT2D eigenvalue weighted by Gasteiger charge is 2.06. The molecular weight excluding hydrogens is 314 g/mol. The van der Waals surface area contributed by atoms with Gasteiger partial charge in [0.1, 0.15) is 0 Å². The first kappa shape index (κ1) is 16.3. The molecule has 0 radical (unpaired) electrons. The first-order valence-electron chi connectivity index (χ1n) is 7.79. The maximum absolute atomic E-state index is 10.0. The lowest BCUT2D eigenvalue weighted by molar-refractivity contribution is -0.123. The van der Waals surface area contributed by atoms with Crippen LogP contribution < -0.4 is 5.32 Å². The molecule has 2 aromatic heterocycles. The molecule has 5 rings (SSSR count).